The lowest BCUT2D eigenvalue weighted by Gasteiger charge is -2.09. The Morgan fingerprint density at radius 1 is 1.20 bits per heavy atom. The second kappa shape index (κ2) is 5.51. The molecular weight excluding hydrogens is 268 g/mol. The maximum Gasteiger partial charge on any atom is 0.131 e. The van der Waals surface area contributed by atoms with Gasteiger partial charge in [-0.1, -0.05) is 19.1 Å². The van der Waals surface area contributed by atoms with E-state index in [-0.39, 0.29) is 0 Å². The second-order valence-corrected chi connectivity index (χ2v) is 5.62. The number of fused-ring (bicyclic) bond motifs is 1. The van der Waals surface area contributed by atoms with Crippen LogP contribution in [-0.2, 0) is 0 Å². The minimum absolute atomic E-state index is 0.682. The van der Waals surface area contributed by atoms with E-state index in [1.807, 2.05) is 36.4 Å². The number of para-hydroxylation sites is 1. The van der Waals surface area contributed by atoms with Crippen molar-refractivity contribution < 1.29 is 4.74 Å². The van der Waals surface area contributed by atoms with Crippen LogP contribution in [-0.4, -0.2) is 11.6 Å². The molecule has 20 heavy (non-hydrogen) atoms. The molecule has 0 amide bonds. The molecule has 0 saturated carbocycles. The van der Waals surface area contributed by atoms with Crippen molar-refractivity contribution >= 4 is 27.2 Å². The lowest BCUT2D eigenvalue weighted by molar-refractivity contribution is 0.319. The molecule has 0 aliphatic rings. The van der Waals surface area contributed by atoms with Crippen LogP contribution in [0.4, 0.5) is 5.69 Å². The van der Waals surface area contributed by atoms with Gasteiger partial charge in [-0.3, -0.25) is 0 Å². The number of thiazole rings is 1. The zero-order valence-electron chi connectivity index (χ0n) is 11.3. The molecule has 102 valence electrons. The van der Waals surface area contributed by atoms with Crippen LogP contribution in [0.2, 0.25) is 0 Å². The Bertz CT molecular complexity index is 703. The van der Waals surface area contributed by atoms with E-state index in [0.29, 0.717) is 12.3 Å². The molecule has 0 aliphatic heterocycles. The van der Waals surface area contributed by atoms with Gasteiger partial charge in [-0.05, 0) is 30.7 Å². The molecule has 3 aromatic rings. The van der Waals surface area contributed by atoms with Crippen molar-refractivity contribution in [1.82, 2.24) is 4.98 Å². The maximum absolute atomic E-state index is 5.86. The fourth-order valence-electron chi connectivity index (χ4n) is 2.03. The summed E-state index contributed by atoms with van der Waals surface area (Å²) in [4.78, 5) is 4.68. The van der Waals surface area contributed by atoms with Crippen molar-refractivity contribution in [3.63, 3.8) is 0 Å². The minimum Gasteiger partial charge on any atom is -0.493 e. The summed E-state index contributed by atoms with van der Waals surface area (Å²) in [5.41, 5.74) is 8.59. The van der Waals surface area contributed by atoms with E-state index < -0.39 is 0 Å². The zero-order valence-corrected chi connectivity index (χ0v) is 12.1. The molecule has 0 spiro atoms. The van der Waals surface area contributed by atoms with E-state index in [2.05, 4.69) is 18.0 Å². The van der Waals surface area contributed by atoms with Crippen molar-refractivity contribution in [2.75, 3.05) is 12.3 Å². The number of hydrogen-bond donors (Lipinski definition) is 1. The van der Waals surface area contributed by atoms with Gasteiger partial charge in [0.05, 0.1) is 22.4 Å². The van der Waals surface area contributed by atoms with Crippen LogP contribution in [0.15, 0.2) is 42.5 Å². The van der Waals surface area contributed by atoms with Gasteiger partial charge in [0.25, 0.3) is 0 Å². The minimum atomic E-state index is 0.682. The van der Waals surface area contributed by atoms with Gasteiger partial charge in [-0.2, -0.15) is 0 Å². The first-order valence-corrected chi connectivity index (χ1v) is 7.48. The number of nitrogens with two attached hydrogens (primary N) is 1. The predicted octanol–water partition coefficient (Wildman–Crippen LogP) is 4.33. The van der Waals surface area contributed by atoms with Crippen molar-refractivity contribution in [1.29, 1.82) is 0 Å². The molecule has 0 saturated heterocycles. The van der Waals surface area contributed by atoms with Gasteiger partial charge in [0.2, 0.25) is 0 Å². The first kappa shape index (κ1) is 12.9. The van der Waals surface area contributed by atoms with Gasteiger partial charge in [-0.15, -0.1) is 11.3 Å². The number of nitrogens with zero attached hydrogens (tertiary/aromatic N) is 1. The Morgan fingerprint density at radius 3 is 2.85 bits per heavy atom. The smallest absolute Gasteiger partial charge is 0.131 e. The molecule has 3 rings (SSSR count). The fourth-order valence-corrected chi connectivity index (χ4v) is 3.03. The molecule has 4 heteroatoms. The Balaban J connectivity index is 2.07. The van der Waals surface area contributed by atoms with Gasteiger partial charge < -0.3 is 10.5 Å². The van der Waals surface area contributed by atoms with Gasteiger partial charge in [0.15, 0.2) is 0 Å². The molecule has 1 heterocycles. The molecule has 1 aromatic heterocycles. The molecule has 0 bridgehead atoms. The molecule has 0 radical (unpaired) electrons. The Morgan fingerprint density at radius 2 is 2.05 bits per heavy atom. The SMILES string of the molecule is CCCOc1cc(N)ccc1-c1nc2ccccc2s1. The van der Waals surface area contributed by atoms with E-state index in [1.54, 1.807) is 11.3 Å². The summed E-state index contributed by atoms with van der Waals surface area (Å²) in [6.07, 6.45) is 0.966. The first-order chi connectivity index (χ1) is 9.78. The summed E-state index contributed by atoms with van der Waals surface area (Å²) in [7, 11) is 0. The summed E-state index contributed by atoms with van der Waals surface area (Å²) < 4.78 is 6.99. The summed E-state index contributed by atoms with van der Waals surface area (Å²) in [6, 6.07) is 13.9. The van der Waals surface area contributed by atoms with Crippen molar-refractivity contribution in [2.24, 2.45) is 0 Å². The highest BCUT2D eigenvalue weighted by Crippen LogP contribution is 2.36. The molecule has 0 aliphatic carbocycles. The van der Waals surface area contributed by atoms with Crippen LogP contribution in [0.25, 0.3) is 20.8 Å². The summed E-state index contributed by atoms with van der Waals surface area (Å²) in [5.74, 6) is 0.811. The molecular formula is C16H16N2OS. The van der Waals surface area contributed by atoms with Crippen LogP contribution in [0.1, 0.15) is 13.3 Å². The zero-order chi connectivity index (χ0) is 13.9. The van der Waals surface area contributed by atoms with Gasteiger partial charge in [-0.25, -0.2) is 4.98 Å². The van der Waals surface area contributed by atoms with E-state index in [4.69, 9.17) is 10.5 Å². The van der Waals surface area contributed by atoms with Crippen LogP contribution in [0, 0.1) is 0 Å². The fraction of sp³-hybridized carbons (Fsp3) is 0.188. The molecule has 0 fully saturated rings. The molecule has 0 atom stereocenters. The third-order valence-corrected chi connectivity index (χ3v) is 4.06. The maximum atomic E-state index is 5.86. The first-order valence-electron chi connectivity index (χ1n) is 6.66. The highest BCUT2D eigenvalue weighted by Gasteiger charge is 2.11. The number of anilines is 1. The largest absolute Gasteiger partial charge is 0.493 e. The second-order valence-electron chi connectivity index (χ2n) is 4.59. The highest BCUT2D eigenvalue weighted by molar-refractivity contribution is 7.21. The molecule has 2 aromatic carbocycles. The van der Waals surface area contributed by atoms with E-state index in [1.165, 1.54) is 4.70 Å². The summed E-state index contributed by atoms with van der Waals surface area (Å²) in [6.45, 7) is 2.77. The standard InChI is InChI=1S/C16H16N2OS/c1-2-9-19-14-10-11(17)7-8-12(14)16-18-13-5-3-4-6-15(13)20-16/h3-8,10H,2,9,17H2,1H3. The van der Waals surface area contributed by atoms with E-state index in [9.17, 15) is 0 Å². The number of nitrogen functional groups attached to an aromatic ring is 1. The monoisotopic (exact) mass is 284 g/mol. The summed E-state index contributed by atoms with van der Waals surface area (Å²) in [5, 5.41) is 0.970. The Hall–Kier alpha value is -2.07. The number of hydrogen-bond acceptors (Lipinski definition) is 4. The average Bonchev–Trinajstić information content (AvgIpc) is 2.88. The number of rotatable bonds is 4. The van der Waals surface area contributed by atoms with Crippen LogP contribution >= 0.6 is 11.3 Å². The van der Waals surface area contributed by atoms with Gasteiger partial charge >= 0.3 is 0 Å². The van der Waals surface area contributed by atoms with E-state index >= 15 is 0 Å². The predicted molar refractivity (Wildman–Crippen MR) is 85.3 cm³/mol. The van der Waals surface area contributed by atoms with Crippen molar-refractivity contribution in [2.45, 2.75) is 13.3 Å². The number of ether oxygens (including phenoxy) is 1. The van der Waals surface area contributed by atoms with Gasteiger partial charge in [0.1, 0.15) is 10.8 Å². The average molecular weight is 284 g/mol. The third-order valence-electron chi connectivity index (χ3n) is 2.99. The number of benzene rings is 2. The molecule has 2 N–H and O–H groups in total. The normalized spacial score (nSPS) is 10.8. The van der Waals surface area contributed by atoms with Crippen molar-refractivity contribution in [3.05, 3.63) is 42.5 Å². The Kier molecular flexibility index (Phi) is 3.56. The number of aromatic nitrogens is 1. The van der Waals surface area contributed by atoms with Crippen molar-refractivity contribution in [3.8, 4) is 16.3 Å². The molecule has 3 nitrogen and oxygen atoms in total. The third kappa shape index (κ3) is 2.47. The van der Waals surface area contributed by atoms with Gasteiger partial charge in [0, 0.05) is 11.8 Å². The quantitative estimate of drug-likeness (QED) is 0.725. The summed E-state index contributed by atoms with van der Waals surface area (Å²) >= 11 is 1.67. The lowest BCUT2D eigenvalue weighted by Crippen LogP contribution is -1.98. The lowest BCUT2D eigenvalue weighted by atomic mass is 10.2. The van der Waals surface area contributed by atoms with E-state index in [0.717, 1.165) is 28.3 Å². The topological polar surface area (TPSA) is 48.1 Å². The highest BCUT2D eigenvalue weighted by atomic mass is 32.1. The Labute approximate surface area is 122 Å². The van der Waals surface area contributed by atoms with Crippen LogP contribution in [0.5, 0.6) is 5.75 Å². The molecule has 0 unspecified atom stereocenters. The van der Waals surface area contributed by atoms with Crippen LogP contribution in [0.3, 0.4) is 0 Å². The van der Waals surface area contributed by atoms with Crippen LogP contribution < -0.4 is 10.5 Å².